The quantitative estimate of drug-likeness (QED) is 0.361. The molecule has 32 heavy (non-hydrogen) atoms. The fourth-order valence-corrected chi connectivity index (χ4v) is 3.35. The number of nitrogens with one attached hydrogen (secondary N) is 1. The first kappa shape index (κ1) is 21.0. The minimum Gasteiger partial charge on any atom is -0.497 e. The molecule has 2 aromatic heterocycles. The lowest BCUT2D eigenvalue weighted by atomic mass is 10.1. The van der Waals surface area contributed by atoms with Crippen molar-refractivity contribution >= 4 is 12.1 Å². The summed E-state index contributed by atoms with van der Waals surface area (Å²) in [5.74, 6) is 0.511. The molecule has 1 amide bonds. The molecule has 4 aromatic rings. The lowest BCUT2D eigenvalue weighted by molar-refractivity contribution is -0.121. The first-order valence-corrected chi connectivity index (χ1v) is 10.2. The van der Waals surface area contributed by atoms with Crippen LogP contribution in [0.2, 0.25) is 0 Å². The first-order valence-electron chi connectivity index (χ1n) is 10.2. The smallest absolute Gasteiger partial charge is 0.261 e. The molecule has 0 atom stereocenters. The van der Waals surface area contributed by atoms with Crippen LogP contribution in [0.5, 0.6) is 5.75 Å². The Morgan fingerprint density at radius 3 is 2.50 bits per heavy atom. The van der Waals surface area contributed by atoms with E-state index in [1.54, 1.807) is 22.7 Å². The molecule has 8 heteroatoms. The number of hydrogen-bond donors (Lipinski definition) is 1. The van der Waals surface area contributed by atoms with Crippen molar-refractivity contribution in [2.75, 3.05) is 7.11 Å². The minimum absolute atomic E-state index is 0.103. The van der Waals surface area contributed by atoms with Gasteiger partial charge in [0.05, 0.1) is 24.7 Å². The highest BCUT2D eigenvalue weighted by Gasteiger charge is 2.12. The third-order valence-electron chi connectivity index (χ3n) is 4.92. The van der Waals surface area contributed by atoms with Crippen molar-refractivity contribution in [2.45, 2.75) is 20.4 Å². The number of nitrogens with zero attached hydrogens (tertiary/aromatic N) is 5. The van der Waals surface area contributed by atoms with Gasteiger partial charge in [-0.15, -0.1) is 0 Å². The molecule has 0 aliphatic carbocycles. The molecule has 0 bridgehead atoms. The number of amides is 1. The SMILES string of the molecule is COc1ccc(-c2nn(-c3ccccc3)cc2/C=N/NC(=O)Cn2nc(C)cc2C)cc1. The average molecular weight is 428 g/mol. The Morgan fingerprint density at radius 1 is 1.09 bits per heavy atom. The highest BCUT2D eigenvalue weighted by molar-refractivity contribution is 5.89. The summed E-state index contributed by atoms with van der Waals surface area (Å²) in [6.07, 6.45) is 3.48. The van der Waals surface area contributed by atoms with Crippen LogP contribution in [0.4, 0.5) is 0 Å². The number of methoxy groups -OCH3 is 1. The Labute approximate surface area is 186 Å². The number of benzene rings is 2. The van der Waals surface area contributed by atoms with E-state index in [4.69, 9.17) is 9.84 Å². The van der Waals surface area contributed by atoms with Gasteiger partial charge < -0.3 is 4.74 Å². The molecule has 0 saturated heterocycles. The van der Waals surface area contributed by atoms with Crippen molar-refractivity contribution < 1.29 is 9.53 Å². The molecule has 0 unspecified atom stereocenters. The van der Waals surface area contributed by atoms with E-state index in [1.165, 1.54) is 0 Å². The number of carbonyl (C=O) groups is 1. The second-order valence-electron chi connectivity index (χ2n) is 7.32. The molecule has 2 heterocycles. The molecule has 0 aliphatic heterocycles. The van der Waals surface area contributed by atoms with E-state index in [2.05, 4.69) is 15.6 Å². The number of aromatic nitrogens is 4. The molecule has 4 rings (SSSR count). The number of carbonyl (C=O) groups excluding carboxylic acids is 1. The summed E-state index contributed by atoms with van der Waals surface area (Å²) < 4.78 is 8.69. The summed E-state index contributed by atoms with van der Waals surface area (Å²) in [6, 6.07) is 19.4. The summed E-state index contributed by atoms with van der Waals surface area (Å²) in [6.45, 7) is 3.91. The van der Waals surface area contributed by atoms with Gasteiger partial charge in [-0.25, -0.2) is 10.1 Å². The van der Waals surface area contributed by atoms with E-state index in [0.717, 1.165) is 39.6 Å². The summed E-state index contributed by atoms with van der Waals surface area (Å²) in [5, 5.41) is 13.2. The summed E-state index contributed by atoms with van der Waals surface area (Å²) in [7, 11) is 1.63. The molecule has 162 valence electrons. The fraction of sp³-hybridized carbons (Fsp3) is 0.167. The van der Waals surface area contributed by atoms with Crippen LogP contribution in [-0.4, -0.2) is 38.8 Å². The molecule has 0 radical (unpaired) electrons. The minimum atomic E-state index is -0.256. The lowest BCUT2D eigenvalue weighted by Crippen LogP contribution is -2.24. The van der Waals surface area contributed by atoms with E-state index in [0.29, 0.717) is 0 Å². The van der Waals surface area contributed by atoms with Crippen LogP contribution in [0.25, 0.3) is 16.9 Å². The molecule has 2 aromatic carbocycles. The largest absolute Gasteiger partial charge is 0.497 e. The third kappa shape index (κ3) is 4.75. The van der Waals surface area contributed by atoms with E-state index in [-0.39, 0.29) is 12.5 Å². The van der Waals surface area contributed by atoms with E-state index >= 15 is 0 Å². The summed E-state index contributed by atoms with van der Waals surface area (Å²) >= 11 is 0. The predicted molar refractivity (Wildman–Crippen MR) is 123 cm³/mol. The Balaban J connectivity index is 1.57. The second kappa shape index (κ2) is 9.30. The number of ether oxygens (including phenoxy) is 1. The fourth-order valence-electron chi connectivity index (χ4n) is 3.35. The molecular formula is C24H24N6O2. The zero-order chi connectivity index (χ0) is 22.5. The third-order valence-corrected chi connectivity index (χ3v) is 4.92. The lowest BCUT2D eigenvalue weighted by Gasteiger charge is -2.03. The average Bonchev–Trinajstić information content (AvgIpc) is 3.37. The van der Waals surface area contributed by atoms with Crippen LogP contribution in [-0.2, 0) is 11.3 Å². The monoisotopic (exact) mass is 428 g/mol. The normalized spacial score (nSPS) is 11.1. The topological polar surface area (TPSA) is 86.3 Å². The van der Waals surface area contributed by atoms with Gasteiger partial charge in [0.25, 0.3) is 5.91 Å². The van der Waals surface area contributed by atoms with Gasteiger partial charge >= 0.3 is 0 Å². The van der Waals surface area contributed by atoms with Crippen molar-refractivity contribution in [3.63, 3.8) is 0 Å². The van der Waals surface area contributed by atoms with Crippen molar-refractivity contribution in [2.24, 2.45) is 5.10 Å². The van der Waals surface area contributed by atoms with E-state index < -0.39 is 0 Å². The summed E-state index contributed by atoms with van der Waals surface area (Å²) in [4.78, 5) is 12.3. The maximum Gasteiger partial charge on any atom is 0.261 e. The zero-order valence-corrected chi connectivity index (χ0v) is 18.2. The van der Waals surface area contributed by atoms with Gasteiger partial charge in [0.1, 0.15) is 18.0 Å². The van der Waals surface area contributed by atoms with Gasteiger partial charge in [-0.2, -0.15) is 15.3 Å². The van der Waals surface area contributed by atoms with Crippen LogP contribution in [0.3, 0.4) is 0 Å². The Kier molecular flexibility index (Phi) is 6.12. The van der Waals surface area contributed by atoms with Crippen molar-refractivity contribution in [1.29, 1.82) is 0 Å². The molecular weight excluding hydrogens is 404 g/mol. The maximum absolute atomic E-state index is 12.3. The van der Waals surface area contributed by atoms with Gasteiger partial charge in [0.15, 0.2) is 0 Å². The molecule has 0 spiro atoms. The Hall–Kier alpha value is -4.20. The predicted octanol–water partition coefficient (Wildman–Crippen LogP) is 3.51. The molecule has 1 N–H and O–H groups in total. The highest BCUT2D eigenvalue weighted by Crippen LogP contribution is 2.25. The van der Waals surface area contributed by atoms with Gasteiger partial charge in [0, 0.05) is 23.0 Å². The molecule has 0 saturated carbocycles. The molecule has 8 nitrogen and oxygen atoms in total. The van der Waals surface area contributed by atoms with Gasteiger partial charge in [-0.05, 0) is 56.3 Å². The van der Waals surface area contributed by atoms with Crippen LogP contribution < -0.4 is 10.2 Å². The van der Waals surface area contributed by atoms with Crippen LogP contribution >= 0.6 is 0 Å². The molecule has 0 fully saturated rings. The van der Waals surface area contributed by atoms with Gasteiger partial charge in [-0.3, -0.25) is 9.48 Å². The number of rotatable bonds is 7. The van der Waals surface area contributed by atoms with Crippen molar-refractivity contribution in [3.05, 3.63) is 83.8 Å². The van der Waals surface area contributed by atoms with Crippen LogP contribution in [0, 0.1) is 13.8 Å². The number of hydrogen-bond acceptors (Lipinski definition) is 5. The van der Waals surface area contributed by atoms with Gasteiger partial charge in [0.2, 0.25) is 0 Å². The summed E-state index contributed by atoms with van der Waals surface area (Å²) in [5.41, 5.74) is 7.72. The number of aryl methyl sites for hydroxylation is 2. The van der Waals surface area contributed by atoms with E-state index in [9.17, 15) is 4.79 Å². The Bertz CT molecular complexity index is 1240. The van der Waals surface area contributed by atoms with Crippen LogP contribution in [0.1, 0.15) is 17.0 Å². The number of para-hydroxylation sites is 1. The van der Waals surface area contributed by atoms with Gasteiger partial charge in [-0.1, -0.05) is 18.2 Å². The van der Waals surface area contributed by atoms with Crippen LogP contribution in [0.15, 0.2) is 72.0 Å². The standard InChI is InChI=1S/C24H24N6O2/c1-17-13-18(2)29(27-17)16-23(31)26-25-14-20-15-30(21-7-5-4-6-8-21)28-24(20)19-9-11-22(32-3)12-10-19/h4-15H,16H2,1-3H3,(H,26,31)/b25-14+. The first-order chi connectivity index (χ1) is 15.5. The highest BCUT2D eigenvalue weighted by atomic mass is 16.5. The van der Waals surface area contributed by atoms with E-state index in [1.807, 2.05) is 80.7 Å². The molecule has 0 aliphatic rings. The number of hydrazone groups is 1. The zero-order valence-electron chi connectivity index (χ0n) is 18.2. The maximum atomic E-state index is 12.3. The van der Waals surface area contributed by atoms with Crippen molar-refractivity contribution in [3.8, 4) is 22.7 Å². The van der Waals surface area contributed by atoms with Crippen molar-refractivity contribution in [1.82, 2.24) is 25.0 Å². The second-order valence-corrected chi connectivity index (χ2v) is 7.32. The Morgan fingerprint density at radius 2 is 1.84 bits per heavy atom.